The van der Waals surface area contributed by atoms with Crippen LogP contribution in [0.25, 0.3) is 22.2 Å². The van der Waals surface area contributed by atoms with Crippen molar-refractivity contribution in [1.82, 2.24) is 10.1 Å². The van der Waals surface area contributed by atoms with Crippen molar-refractivity contribution < 1.29 is 9.36 Å². The number of fused-ring (bicyclic) bond motifs is 1. The Kier molecular flexibility index (Phi) is 2.76. The molecular formula is C13H11N3O2. The van der Waals surface area contributed by atoms with Crippen molar-refractivity contribution in [2.45, 2.75) is 6.61 Å². The van der Waals surface area contributed by atoms with Crippen molar-refractivity contribution >= 4 is 10.8 Å². The van der Waals surface area contributed by atoms with Gasteiger partial charge in [-0.1, -0.05) is 41.6 Å². The van der Waals surface area contributed by atoms with E-state index < -0.39 is 0 Å². The maximum Gasteiger partial charge on any atom is 0.255 e. The van der Waals surface area contributed by atoms with Gasteiger partial charge in [-0.2, -0.15) is 4.98 Å². The van der Waals surface area contributed by atoms with Gasteiger partial charge in [-0.15, -0.1) is 0 Å². The third-order valence-corrected chi connectivity index (χ3v) is 2.68. The topological polar surface area (TPSA) is 74.2 Å². The smallest absolute Gasteiger partial charge is 0.255 e. The summed E-state index contributed by atoms with van der Waals surface area (Å²) in [5.41, 5.74) is 0.903. The Morgan fingerprint density at radius 1 is 1.11 bits per heavy atom. The second kappa shape index (κ2) is 4.56. The molecule has 0 fully saturated rings. The zero-order valence-corrected chi connectivity index (χ0v) is 9.54. The largest absolute Gasteiger partial charge is 0.336 e. The van der Waals surface area contributed by atoms with Crippen LogP contribution in [0, 0.1) is 0 Å². The summed E-state index contributed by atoms with van der Waals surface area (Å²) in [5.74, 6) is 5.85. The highest BCUT2D eigenvalue weighted by Gasteiger charge is 2.08. The van der Waals surface area contributed by atoms with E-state index in [9.17, 15) is 0 Å². The summed E-state index contributed by atoms with van der Waals surface area (Å²) < 4.78 is 5.01. The number of rotatable bonds is 3. The molecule has 0 amide bonds. The standard InChI is InChI=1S/C13H11N3O2/c14-17-8-12-15-13(16-18-12)11-6-5-9-3-1-2-4-10(9)7-11/h1-7H,8,14H2. The lowest BCUT2D eigenvalue weighted by molar-refractivity contribution is 0.0996. The van der Waals surface area contributed by atoms with Crippen LogP contribution in [0.4, 0.5) is 0 Å². The molecule has 0 aliphatic heterocycles. The van der Waals surface area contributed by atoms with Crippen LogP contribution in [0.1, 0.15) is 5.89 Å². The average molecular weight is 241 g/mol. The van der Waals surface area contributed by atoms with Crippen molar-refractivity contribution in [3.8, 4) is 11.4 Å². The lowest BCUT2D eigenvalue weighted by atomic mass is 10.1. The first kappa shape index (κ1) is 10.9. The highest BCUT2D eigenvalue weighted by atomic mass is 16.6. The number of nitrogens with zero attached hydrogens (tertiary/aromatic N) is 2. The molecule has 0 saturated carbocycles. The SMILES string of the molecule is NOCc1nc(-c2ccc3ccccc3c2)no1. The lowest BCUT2D eigenvalue weighted by Gasteiger charge is -1.99. The van der Waals surface area contributed by atoms with Crippen molar-refractivity contribution in [2.24, 2.45) is 5.90 Å². The van der Waals surface area contributed by atoms with Crippen LogP contribution in [-0.2, 0) is 11.4 Å². The van der Waals surface area contributed by atoms with Crippen molar-refractivity contribution in [2.75, 3.05) is 0 Å². The molecule has 0 saturated heterocycles. The van der Waals surface area contributed by atoms with E-state index in [2.05, 4.69) is 21.0 Å². The first-order chi connectivity index (χ1) is 8.86. The molecule has 0 spiro atoms. The Bertz CT molecular complexity index is 679. The highest BCUT2D eigenvalue weighted by Crippen LogP contribution is 2.22. The van der Waals surface area contributed by atoms with Crippen LogP contribution in [-0.4, -0.2) is 10.1 Å². The molecule has 1 heterocycles. The van der Waals surface area contributed by atoms with Crippen LogP contribution in [0.15, 0.2) is 47.0 Å². The second-order valence-corrected chi connectivity index (χ2v) is 3.88. The molecule has 2 N–H and O–H groups in total. The Balaban J connectivity index is 2.02. The van der Waals surface area contributed by atoms with Gasteiger partial charge in [-0.3, -0.25) is 4.84 Å². The normalized spacial score (nSPS) is 10.9. The van der Waals surface area contributed by atoms with Crippen LogP contribution in [0.5, 0.6) is 0 Å². The van der Waals surface area contributed by atoms with E-state index in [-0.39, 0.29) is 6.61 Å². The van der Waals surface area contributed by atoms with Gasteiger partial charge in [0.05, 0.1) is 0 Å². The molecule has 1 aromatic heterocycles. The molecule has 3 aromatic rings. The number of aromatic nitrogens is 2. The van der Waals surface area contributed by atoms with E-state index in [1.165, 1.54) is 5.39 Å². The zero-order chi connectivity index (χ0) is 12.4. The summed E-state index contributed by atoms with van der Waals surface area (Å²) in [6, 6.07) is 14.1. The van der Waals surface area contributed by atoms with Crippen molar-refractivity contribution in [1.29, 1.82) is 0 Å². The molecule has 2 aromatic carbocycles. The summed E-state index contributed by atoms with van der Waals surface area (Å²) in [7, 11) is 0. The molecule has 90 valence electrons. The monoisotopic (exact) mass is 241 g/mol. The first-order valence-corrected chi connectivity index (χ1v) is 5.50. The van der Waals surface area contributed by atoms with Gasteiger partial charge in [-0.25, -0.2) is 5.90 Å². The van der Waals surface area contributed by atoms with Gasteiger partial charge in [-0.05, 0) is 16.8 Å². The van der Waals surface area contributed by atoms with Crippen LogP contribution >= 0.6 is 0 Å². The molecule has 5 nitrogen and oxygen atoms in total. The number of nitrogens with two attached hydrogens (primary N) is 1. The predicted molar refractivity (Wildman–Crippen MR) is 66.2 cm³/mol. The maximum absolute atomic E-state index is 5.01. The van der Waals surface area contributed by atoms with Crippen LogP contribution in [0.2, 0.25) is 0 Å². The van der Waals surface area contributed by atoms with Gasteiger partial charge in [0.15, 0.2) is 0 Å². The average Bonchev–Trinajstić information content (AvgIpc) is 2.87. The van der Waals surface area contributed by atoms with E-state index in [0.717, 1.165) is 10.9 Å². The molecule has 0 radical (unpaired) electrons. The summed E-state index contributed by atoms with van der Waals surface area (Å²) in [4.78, 5) is 8.65. The second-order valence-electron chi connectivity index (χ2n) is 3.88. The van der Waals surface area contributed by atoms with Gasteiger partial charge in [0.2, 0.25) is 5.82 Å². The minimum Gasteiger partial charge on any atom is -0.336 e. The van der Waals surface area contributed by atoms with Crippen LogP contribution in [0.3, 0.4) is 0 Å². The third-order valence-electron chi connectivity index (χ3n) is 2.68. The van der Waals surface area contributed by atoms with Crippen molar-refractivity contribution in [3.05, 3.63) is 48.4 Å². The number of hydrogen-bond acceptors (Lipinski definition) is 5. The Morgan fingerprint density at radius 3 is 2.78 bits per heavy atom. The Morgan fingerprint density at radius 2 is 1.94 bits per heavy atom. The quantitative estimate of drug-likeness (QED) is 0.712. The van der Waals surface area contributed by atoms with Gasteiger partial charge in [0.25, 0.3) is 5.89 Å². The van der Waals surface area contributed by atoms with E-state index in [0.29, 0.717) is 11.7 Å². The summed E-state index contributed by atoms with van der Waals surface area (Å²) in [6.07, 6.45) is 0. The lowest BCUT2D eigenvalue weighted by Crippen LogP contribution is -1.98. The fraction of sp³-hybridized carbons (Fsp3) is 0.0769. The first-order valence-electron chi connectivity index (χ1n) is 5.50. The fourth-order valence-electron chi connectivity index (χ4n) is 1.83. The zero-order valence-electron chi connectivity index (χ0n) is 9.54. The van der Waals surface area contributed by atoms with Gasteiger partial charge in [0, 0.05) is 5.56 Å². The summed E-state index contributed by atoms with van der Waals surface area (Å²) in [5, 5.41) is 6.20. The fourth-order valence-corrected chi connectivity index (χ4v) is 1.83. The summed E-state index contributed by atoms with van der Waals surface area (Å²) in [6.45, 7) is 0.112. The molecule has 5 heteroatoms. The minimum absolute atomic E-state index is 0.112. The number of hydrogen-bond donors (Lipinski definition) is 1. The van der Waals surface area contributed by atoms with E-state index in [4.69, 9.17) is 10.4 Å². The highest BCUT2D eigenvalue weighted by molar-refractivity contribution is 5.86. The molecule has 3 rings (SSSR count). The van der Waals surface area contributed by atoms with E-state index in [1.807, 2.05) is 36.4 Å². The predicted octanol–water partition coefficient (Wildman–Crippen LogP) is 2.28. The molecular weight excluding hydrogens is 230 g/mol. The van der Waals surface area contributed by atoms with Gasteiger partial charge in [0.1, 0.15) is 6.61 Å². The van der Waals surface area contributed by atoms with E-state index >= 15 is 0 Å². The maximum atomic E-state index is 5.01. The Hall–Kier alpha value is -2.24. The Labute approximate surface area is 103 Å². The molecule has 0 unspecified atom stereocenters. The molecule has 0 aliphatic carbocycles. The minimum atomic E-state index is 0.112. The molecule has 0 aliphatic rings. The molecule has 18 heavy (non-hydrogen) atoms. The van der Waals surface area contributed by atoms with Gasteiger partial charge >= 0.3 is 0 Å². The van der Waals surface area contributed by atoms with Crippen LogP contribution < -0.4 is 5.90 Å². The number of benzene rings is 2. The third kappa shape index (κ3) is 1.97. The van der Waals surface area contributed by atoms with E-state index in [1.54, 1.807) is 0 Å². The van der Waals surface area contributed by atoms with Gasteiger partial charge < -0.3 is 4.52 Å². The molecule has 0 atom stereocenters. The molecule has 0 bridgehead atoms. The van der Waals surface area contributed by atoms with Crippen molar-refractivity contribution in [3.63, 3.8) is 0 Å². The summed E-state index contributed by atoms with van der Waals surface area (Å²) >= 11 is 0.